The van der Waals surface area contributed by atoms with Gasteiger partial charge in [-0.2, -0.15) is 0 Å². The average molecular weight is 176 g/mol. The van der Waals surface area contributed by atoms with E-state index in [4.69, 9.17) is 4.42 Å². The SMILES string of the molecule is Cc1cc(O)cc2occc(=O)c12. The number of phenolic OH excluding ortho intramolecular Hbond substituents is 1. The van der Waals surface area contributed by atoms with Crippen LogP contribution in [0.3, 0.4) is 0 Å². The van der Waals surface area contributed by atoms with Crippen LogP contribution in [-0.2, 0) is 0 Å². The van der Waals surface area contributed by atoms with Crippen molar-refractivity contribution in [2.45, 2.75) is 6.92 Å². The summed E-state index contributed by atoms with van der Waals surface area (Å²) in [7, 11) is 0. The van der Waals surface area contributed by atoms with E-state index in [0.29, 0.717) is 11.0 Å². The molecule has 0 aliphatic carbocycles. The maximum atomic E-state index is 11.4. The molecular weight excluding hydrogens is 168 g/mol. The Kier molecular flexibility index (Phi) is 1.59. The van der Waals surface area contributed by atoms with Gasteiger partial charge in [-0.3, -0.25) is 4.79 Å². The number of hydrogen-bond acceptors (Lipinski definition) is 3. The zero-order valence-corrected chi connectivity index (χ0v) is 7.07. The predicted octanol–water partition coefficient (Wildman–Crippen LogP) is 1.81. The largest absolute Gasteiger partial charge is 0.508 e. The van der Waals surface area contributed by atoms with E-state index in [2.05, 4.69) is 0 Å². The standard InChI is InChI=1S/C10H8O3/c1-6-4-7(11)5-9-10(6)8(12)2-3-13-9/h2-5,11H,1H3. The summed E-state index contributed by atoms with van der Waals surface area (Å²) in [6.07, 6.45) is 1.32. The molecule has 2 aromatic rings. The molecule has 1 aromatic carbocycles. The van der Waals surface area contributed by atoms with Crippen LogP contribution in [0, 0.1) is 6.92 Å². The van der Waals surface area contributed by atoms with E-state index in [1.807, 2.05) is 0 Å². The summed E-state index contributed by atoms with van der Waals surface area (Å²) >= 11 is 0. The molecule has 0 aliphatic rings. The third-order valence-corrected chi connectivity index (χ3v) is 1.94. The number of fused-ring (bicyclic) bond motifs is 1. The highest BCUT2D eigenvalue weighted by molar-refractivity contribution is 5.81. The summed E-state index contributed by atoms with van der Waals surface area (Å²) in [5.74, 6) is 0.111. The molecule has 2 rings (SSSR count). The lowest BCUT2D eigenvalue weighted by Crippen LogP contribution is -1.99. The van der Waals surface area contributed by atoms with Crippen LogP contribution in [-0.4, -0.2) is 5.11 Å². The predicted molar refractivity (Wildman–Crippen MR) is 48.9 cm³/mol. The lowest BCUT2D eigenvalue weighted by atomic mass is 10.1. The first kappa shape index (κ1) is 7.86. The van der Waals surface area contributed by atoms with Gasteiger partial charge in [-0.15, -0.1) is 0 Å². The van der Waals surface area contributed by atoms with Gasteiger partial charge in [0.15, 0.2) is 5.43 Å². The lowest BCUT2D eigenvalue weighted by Gasteiger charge is -2.00. The molecule has 0 radical (unpaired) electrons. The van der Waals surface area contributed by atoms with E-state index in [-0.39, 0.29) is 11.2 Å². The molecule has 13 heavy (non-hydrogen) atoms. The van der Waals surface area contributed by atoms with E-state index in [1.165, 1.54) is 18.4 Å². The van der Waals surface area contributed by atoms with Gasteiger partial charge in [-0.1, -0.05) is 0 Å². The topological polar surface area (TPSA) is 50.4 Å². The first-order chi connectivity index (χ1) is 6.18. The van der Waals surface area contributed by atoms with Crippen LogP contribution in [0.1, 0.15) is 5.56 Å². The van der Waals surface area contributed by atoms with Gasteiger partial charge in [0.1, 0.15) is 11.3 Å². The van der Waals surface area contributed by atoms with Crippen molar-refractivity contribution >= 4 is 11.0 Å². The maximum absolute atomic E-state index is 11.4. The molecule has 3 nitrogen and oxygen atoms in total. The normalized spacial score (nSPS) is 10.5. The molecule has 0 fully saturated rings. The van der Waals surface area contributed by atoms with E-state index >= 15 is 0 Å². The summed E-state index contributed by atoms with van der Waals surface area (Å²) in [4.78, 5) is 11.4. The summed E-state index contributed by atoms with van der Waals surface area (Å²) in [5, 5.41) is 9.77. The Balaban J connectivity index is 3.03. The minimum atomic E-state index is -0.0845. The molecule has 0 saturated carbocycles. The van der Waals surface area contributed by atoms with Crippen LogP contribution >= 0.6 is 0 Å². The second-order valence-electron chi connectivity index (χ2n) is 2.92. The van der Waals surface area contributed by atoms with E-state index in [1.54, 1.807) is 13.0 Å². The third kappa shape index (κ3) is 1.18. The van der Waals surface area contributed by atoms with Crippen molar-refractivity contribution in [3.05, 3.63) is 40.2 Å². The minimum Gasteiger partial charge on any atom is -0.508 e. The van der Waals surface area contributed by atoms with Crippen LogP contribution < -0.4 is 5.43 Å². The van der Waals surface area contributed by atoms with Crippen LogP contribution in [0.15, 0.2) is 33.7 Å². The van der Waals surface area contributed by atoms with Crippen LogP contribution in [0.4, 0.5) is 0 Å². The molecule has 0 amide bonds. The minimum absolute atomic E-state index is 0.0845. The number of benzene rings is 1. The number of aromatic hydroxyl groups is 1. The Morgan fingerprint density at radius 2 is 2.15 bits per heavy atom. The summed E-state index contributed by atoms with van der Waals surface area (Å²) in [6.45, 7) is 1.76. The fraction of sp³-hybridized carbons (Fsp3) is 0.100. The third-order valence-electron chi connectivity index (χ3n) is 1.94. The zero-order chi connectivity index (χ0) is 9.42. The van der Waals surface area contributed by atoms with Gasteiger partial charge in [-0.25, -0.2) is 0 Å². The molecule has 1 aromatic heterocycles. The highest BCUT2D eigenvalue weighted by atomic mass is 16.3. The van der Waals surface area contributed by atoms with E-state index < -0.39 is 0 Å². The van der Waals surface area contributed by atoms with Gasteiger partial charge < -0.3 is 9.52 Å². The summed E-state index contributed by atoms with van der Waals surface area (Å²) < 4.78 is 5.09. The molecule has 0 bridgehead atoms. The maximum Gasteiger partial charge on any atom is 0.192 e. The molecule has 0 saturated heterocycles. The van der Waals surface area contributed by atoms with E-state index in [9.17, 15) is 9.90 Å². The fourth-order valence-electron chi connectivity index (χ4n) is 1.40. The summed E-state index contributed by atoms with van der Waals surface area (Å²) in [6, 6.07) is 4.34. The van der Waals surface area contributed by atoms with Crippen molar-refractivity contribution in [2.75, 3.05) is 0 Å². The second kappa shape index (κ2) is 2.62. The molecule has 0 aliphatic heterocycles. The van der Waals surface area contributed by atoms with Gasteiger partial charge in [0, 0.05) is 12.1 Å². The van der Waals surface area contributed by atoms with Crippen LogP contribution in [0.5, 0.6) is 5.75 Å². The molecular formula is C10H8O3. The van der Waals surface area contributed by atoms with Crippen molar-refractivity contribution < 1.29 is 9.52 Å². The number of phenols is 1. The Morgan fingerprint density at radius 1 is 1.38 bits per heavy atom. The Morgan fingerprint density at radius 3 is 2.92 bits per heavy atom. The van der Waals surface area contributed by atoms with Crippen LogP contribution in [0.25, 0.3) is 11.0 Å². The lowest BCUT2D eigenvalue weighted by molar-refractivity contribution is 0.473. The zero-order valence-electron chi connectivity index (χ0n) is 7.07. The van der Waals surface area contributed by atoms with Crippen molar-refractivity contribution in [2.24, 2.45) is 0 Å². The van der Waals surface area contributed by atoms with Crippen molar-refractivity contribution in [1.82, 2.24) is 0 Å². The van der Waals surface area contributed by atoms with Gasteiger partial charge >= 0.3 is 0 Å². The highest BCUT2D eigenvalue weighted by Crippen LogP contribution is 2.20. The smallest absolute Gasteiger partial charge is 0.192 e. The second-order valence-corrected chi connectivity index (χ2v) is 2.92. The summed E-state index contributed by atoms with van der Waals surface area (Å²) in [5.41, 5.74) is 1.06. The van der Waals surface area contributed by atoms with Crippen molar-refractivity contribution in [1.29, 1.82) is 0 Å². The Hall–Kier alpha value is -1.77. The first-order valence-corrected chi connectivity index (χ1v) is 3.89. The molecule has 66 valence electrons. The van der Waals surface area contributed by atoms with Crippen molar-refractivity contribution in [3.63, 3.8) is 0 Å². The van der Waals surface area contributed by atoms with Crippen molar-refractivity contribution in [3.8, 4) is 5.75 Å². The van der Waals surface area contributed by atoms with Gasteiger partial charge in [0.05, 0.1) is 11.6 Å². The molecule has 3 heteroatoms. The molecule has 0 atom stereocenters. The molecule has 0 unspecified atom stereocenters. The van der Waals surface area contributed by atoms with Gasteiger partial charge in [0.25, 0.3) is 0 Å². The van der Waals surface area contributed by atoms with Gasteiger partial charge in [0.2, 0.25) is 0 Å². The Bertz CT molecular complexity index is 511. The fourth-order valence-corrected chi connectivity index (χ4v) is 1.40. The number of hydrogen-bond donors (Lipinski definition) is 1. The van der Waals surface area contributed by atoms with Gasteiger partial charge in [-0.05, 0) is 18.6 Å². The number of rotatable bonds is 0. The molecule has 0 spiro atoms. The first-order valence-electron chi connectivity index (χ1n) is 3.89. The van der Waals surface area contributed by atoms with Crippen LogP contribution in [0.2, 0.25) is 0 Å². The Labute approximate surface area is 74.2 Å². The van der Waals surface area contributed by atoms with E-state index in [0.717, 1.165) is 5.56 Å². The quantitative estimate of drug-likeness (QED) is 0.665. The molecule has 1 heterocycles. The monoisotopic (exact) mass is 176 g/mol. The molecule has 1 N–H and O–H groups in total. The average Bonchev–Trinajstić information content (AvgIpc) is 2.02. The highest BCUT2D eigenvalue weighted by Gasteiger charge is 2.04. The number of aryl methyl sites for hydroxylation is 1.